The third-order valence-corrected chi connectivity index (χ3v) is 15.0. The molecule has 4 aliphatic carbocycles. The summed E-state index contributed by atoms with van der Waals surface area (Å²) in [4.78, 5) is 30.8. The number of aromatic nitrogens is 6. The second-order valence-corrected chi connectivity index (χ2v) is 19.4. The van der Waals surface area contributed by atoms with Crippen molar-refractivity contribution < 1.29 is 0 Å². The summed E-state index contributed by atoms with van der Waals surface area (Å²) in [5.74, 6) is 3.92. The number of rotatable bonds is 7. The summed E-state index contributed by atoms with van der Waals surface area (Å²) in [7, 11) is 0. The zero-order chi connectivity index (χ0) is 47.2. The fourth-order valence-corrected chi connectivity index (χ4v) is 11.7. The lowest BCUT2D eigenvalue weighted by Crippen LogP contribution is -2.27. The van der Waals surface area contributed by atoms with Crippen LogP contribution in [0, 0.1) is 0 Å². The molecule has 15 rings (SSSR count). The molecule has 2 unspecified atom stereocenters. The van der Waals surface area contributed by atoms with Gasteiger partial charge in [-0.05, 0) is 78.9 Å². The van der Waals surface area contributed by atoms with Gasteiger partial charge in [-0.1, -0.05) is 220 Å². The van der Waals surface area contributed by atoms with E-state index in [0.29, 0.717) is 34.9 Å². The van der Waals surface area contributed by atoms with Crippen LogP contribution < -0.4 is 0 Å². The van der Waals surface area contributed by atoms with Crippen LogP contribution in [0.5, 0.6) is 0 Å². The van der Waals surface area contributed by atoms with E-state index in [4.69, 9.17) is 29.9 Å². The number of hydrogen-bond acceptors (Lipinski definition) is 6. The largest absolute Gasteiger partial charge is 0.208 e. The Balaban J connectivity index is 0.857. The number of fused-ring (bicyclic) bond motifs is 3. The van der Waals surface area contributed by atoms with E-state index in [-0.39, 0.29) is 17.3 Å². The van der Waals surface area contributed by atoms with Gasteiger partial charge >= 0.3 is 0 Å². The lowest BCUT2D eigenvalue weighted by Gasteiger charge is -2.42. The average Bonchev–Trinajstić information content (AvgIpc) is 3.68. The fraction of sp³-hybridized carbons (Fsp3) is 0.0769. The molecule has 6 nitrogen and oxygen atoms in total. The third kappa shape index (κ3) is 6.63. The van der Waals surface area contributed by atoms with Crippen LogP contribution in [0.1, 0.15) is 70.2 Å². The predicted octanol–water partition coefficient (Wildman–Crippen LogP) is 15.0. The average molecular weight is 909 g/mol. The lowest BCUT2D eigenvalue weighted by atomic mass is 9.61. The molecule has 71 heavy (non-hydrogen) atoms. The zero-order valence-corrected chi connectivity index (χ0v) is 39.1. The van der Waals surface area contributed by atoms with Crippen molar-refractivity contribution in [2.45, 2.75) is 31.1 Å². The third-order valence-electron chi connectivity index (χ3n) is 15.0. The Morgan fingerprint density at radius 2 is 0.606 bits per heavy atom. The van der Waals surface area contributed by atoms with E-state index < -0.39 is 0 Å². The van der Waals surface area contributed by atoms with Crippen LogP contribution in [0.3, 0.4) is 0 Å². The molecule has 0 spiro atoms. The Hall–Kier alpha value is -9.00. The van der Waals surface area contributed by atoms with Gasteiger partial charge < -0.3 is 0 Å². The van der Waals surface area contributed by atoms with Crippen molar-refractivity contribution >= 4 is 0 Å². The van der Waals surface area contributed by atoms with Crippen LogP contribution in [0.25, 0.3) is 90.6 Å². The highest BCUT2D eigenvalue weighted by Crippen LogP contribution is 2.57. The van der Waals surface area contributed by atoms with Crippen LogP contribution in [0.4, 0.5) is 0 Å². The molecule has 0 amide bonds. The highest BCUT2D eigenvalue weighted by molar-refractivity contribution is 5.88. The maximum absolute atomic E-state index is 5.27. The summed E-state index contributed by atoms with van der Waals surface area (Å²) in [6.07, 6.45) is 0. The minimum Gasteiger partial charge on any atom is -0.208 e. The van der Waals surface area contributed by atoms with Gasteiger partial charge in [0.05, 0.1) is 0 Å². The van der Waals surface area contributed by atoms with Gasteiger partial charge in [0.1, 0.15) is 0 Å². The quantitative estimate of drug-likeness (QED) is 0.159. The summed E-state index contributed by atoms with van der Waals surface area (Å²) in [6.45, 7) is 4.68. The molecule has 0 radical (unpaired) electrons. The molecule has 0 saturated carbocycles. The normalized spacial score (nSPS) is 15.3. The van der Waals surface area contributed by atoms with E-state index in [9.17, 15) is 0 Å². The van der Waals surface area contributed by atoms with Gasteiger partial charge in [-0.25, -0.2) is 29.9 Å². The first kappa shape index (κ1) is 41.0. The molecule has 0 saturated heterocycles. The van der Waals surface area contributed by atoms with Gasteiger partial charge in [-0.2, -0.15) is 0 Å². The summed E-state index contributed by atoms with van der Waals surface area (Å²) in [5, 5.41) is 0. The summed E-state index contributed by atoms with van der Waals surface area (Å²) >= 11 is 0. The van der Waals surface area contributed by atoms with Crippen molar-refractivity contribution in [3.05, 3.63) is 263 Å². The number of benzene rings is 9. The van der Waals surface area contributed by atoms with E-state index in [2.05, 4.69) is 178 Å². The second-order valence-electron chi connectivity index (χ2n) is 19.4. The Morgan fingerprint density at radius 3 is 1.08 bits per heavy atom. The van der Waals surface area contributed by atoms with Gasteiger partial charge in [0.2, 0.25) is 0 Å². The van der Waals surface area contributed by atoms with Crippen molar-refractivity contribution in [1.82, 2.24) is 29.9 Å². The van der Waals surface area contributed by atoms with Gasteiger partial charge in [0.15, 0.2) is 34.9 Å². The van der Waals surface area contributed by atoms with Gasteiger partial charge in [-0.15, -0.1) is 0 Å². The minimum atomic E-state index is -0.119. The molecule has 0 N–H and O–H groups in total. The first-order valence-corrected chi connectivity index (χ1v) is 24.3. The second kappa shape index (κ2) is 16.0. The van der Waals surface area contributed by atoms with E-state index in [1.54, 1.807) is 0 Å². The van der Waals surface area contributed by atoms with Crippen molar-refractivity contribution in [1.29, 1.82) is 0 Å². The first-order valence-electron chi connectivity index (χ1n) is 24.3. The van der Waals surface area contributed by atoms with Crippen molar-refractivity contribution in [3.8, 4) is 90.6 Å². The molecule has 6 heteroatoms. The smallest absolute Gasteiger partial charge is 0.164 e. The molecule has 334 valence electrons. The zero-order valence-electron chi connectivity index (χ0n) is 39.1. The molecule has 0 aliphatic heterocycles. The van der Waals surface area contributed by atoms with Crippen LogP contribution >= 0.6 is 0 Å². The van der Waals surface area contributed by atoms with Gasteiger partial charge in [-0.3, -0.25) is 0 Å². The van der Waals surface area contributed by atoms with E-state index in [1.807, 2.05) is 54.6 Å². The van der Waals surface area contributed by atoms with Crippen LogP contribution in [-0.2, 0) is 5.41 Å². The summed E-state index contributed by atoms with van der Waals surface area (Å²) < 4.78 is 0. The summed E-state index contributed by atoms with van der Waals surface area (Å²) in [5.41, 5.74) is 21.2. The first-order chi connectivity index (χ1) is 34.9. The van der Waals surface area contributed by atoms with Crippen LogP contribution in [-0.4, -0.2) is 29.9 Å². The van der Waals surface area contributed by atoms with Crippen molar-refractivity contribution in [2.75, 3.05) is 0 Å². The number of nitrogens with zero attached hydrogens (tertiary/aromatic N) is 6. The minimum absolute atomic E-state index is 0.0213. The molecule has 2 aromatic heterocycles. The van der Waals surface area contributed by atoms with Crippen LogP contribution in [0.15, 0.2) is 218 Å². The monoisotopic (exact) mass is 908 g/mol. The van der Waals surface area contributed by atoms with Gasteiger partial charge in [0, 0.05) is 50.6 Å². The molecular formula is C65H44N6. The molecule has 2 heterocycles. The van der Waals surface area contributed by atoms with E-state index in [1.165, 1.54) is 66.8 Å². The SMILES string of the molecule is CC1(C)c2ccccc2-c2cccc(-c3ccc(-c4nc(-c5ccccc5)nc(-c5ccc6c(c5)C5c7ccccc7C6c6cc(-c7nc(-c8ccccc8)nc(-c8ccccc8)n7)ccc65)n4)cc3)c21. The predicted molar refractivity (Wildman–Crippen MR) is 284 cm³/mol. The Bertz CT molecular complexity index is 3850. The molecule has 4 aliphatic rings. The molecule has 9 aromatic carbocycles. The van der Waals surface area contributed by atoms with E-state index in [0.717, 1.165) is 33.4 Å². The molecular weight excluding hydrogens is 865 g/mol. The van der Waals surface area contributed by atoms with Crippen LogP contribution in [0.2, 0.25) is 0 Å². The Kier molecular flexibility index (Phi) is 9.27. The molecule has 11 aromatic rings. The number of hydrogen-bond donors (Lipinski definition) is 0. The van der Waals surface area contributed by atoms with Crippen molar-refractivity contribution in [3.63, 3.8) is 0 Å². The molecule has 0 fully saturated rings. The Morgan fingerprint density at radius 1 is 0.268 bits per heavy atom. The highest BCUT2D eigenvalue weighted by Gasteiger charge is 2.42. The Labute approximate surface area is 412 Å². The van der Waals surface area contributed by atoms with Crippen molar-refractivity contribution in [2.24, 2.45) is 0 Å². The standard InChI is InChI=1S/C65H44N6/c1-65(2)55-28-15-14-23-47(55)52-27-16-26-46(58(52)65)39-29-31-43(32-30-39)62-67-61(42-21-10-5-11-22-42)70-64(71-62)45-34-36-51-54(38-45)57-49-25-13-12-24-48(49)56(51)53-37-44(33-35-50(53)57)63-68-59(40-17-6-3-7-18-40)66-60(69-63)41-19-8-4-9-20-41/h3-38,56-57H,1-2H3. The highest BCUT2D eigenvalue weighted by atomic mass is 15.0. The van der Waals surface area contributed by atoms with E-state index >= 15 is 0 Å². The summed E-state index contributed by atoms with van der Waals surface area (Å²) in [6, 6.07) is 77.4. The maximum atomic E-state index is 5.27. The fourth-order valence-electron chi connectivity index (χ4n) is 11.7. The lowest BCUT2D eigenvalue weighted by molar-refractivity contribution is 0.662. The molecule has 2 bridgehead atoms. The van der Waals surface area contributed by atoms with Gasteiger partial charge in [0.25, 0.3) is 0 Å². The molecule has 2 atom stereocenters. The maximum Gasteiger partial charge on any atom is 0.164 e. The topological polar surface area (TPSA) is 77.3 Å².